The highest BCUT2D eigenvalue weighted by atomic mass is 16.1. The second-order valence-electron chi connectivity index (χ2n) is 11.2. The van der Waals surface area contributed by atoms with E-state index in [-0.39, 0.29) is 5.78 Å². The van der Waals surface area contributed by atoms with Gasteiger partial charge in [-0.3, -0.25) is 4.79 Å². The van der Waals surface area contributed by atoms with Crippen molar-refractivity contribution >= 4 is 5.78 Å². The van der Waals surface area contributed by atoms with E-state index in [0.29, 0.717) is 0 Å². The molecule has 0 heterocycles. The van der Waals surface area contributed by atoms with Gasteiger partial charge in [0.25, 0.3) is 0 Å². The minimum absolute atomic E-state index is 0.0761. The molecule has 6 aromatic rings. The van der Waals surface area contributed by atoms with Crippen molar-refractivity contribution in [3.8, 4) is 33.4 Å². The second kappa shape index (κ2) is 7.77. The Hall–Kier alpha value is -5.01. The largest absolute Gasteiger partial charge is 0.289 e. The summed E-state index contributed by atoms with van der Waals surface area (Å²) in [5.41, 5.74) is 16.2. The van der Waals surface area contributed by atoms with Crippen LogP contribution in [0.15, 0.2) is 133 Å². The van der Waals surface area contributed by atoms with Crippen LogP contribution in [-0.4, -0.2) is 5.78 Å². The summed E-state index contributed by atoms with van der Waals surface area (Å²) >= 11 is 0. The SMILES string of the molecule is O=C(c1ccc2c(c1)Cc1ccccc1-2)c1ccc2c(c1)C1(c3ccccc3-c3ccccc31)c1ccccc1-2. The molecule has 0 saturated carbocycles. The normalized spacial score (nSPS) is 14.2. The van der Waals surface area contributed by atoms with Crippen molar-refractivity contribution in [2.75, 3.05) is 0 Å². The van der Waals surface area contributed by atoms with Crippen molar-refractivity contribution in [2.24, 2.45) is 0 Å². The maximum atomic E-state index is 14.1. The summed E-state index contributed by atoms with van der Waals surface area (Å²) in [4.78, 5) is 14.1. The first-order valence-corrected chi connectivity index (χ1v) is 13.9. The number of hydrogen-bond acceptors (Lipinski definition) is 1. The van der Waals surface area contributed by atoms with Crippen LogP contribution in [0.2, 0.25) is 0 Å². The van der Waals surface area contributed by atoms with Gasteiger partial charge in [-0.1, -0.05) is 121 Å². The Morgan fingerprint density at radius 1 is 0.425 bits per heavy atom. The molecule has 0 fully saturated rings. The molecule has 40 heavy (non-hydrogen) atoms. The Balaban J connectivity index is 1.24. The third-order valence-electron chi connectivity index (χ3n) is 9.32. The van der Waals surface area contributed by atoms with E-state index in [1.54, 1.807) is 0 Å². The number of carbonyl (C=O) groups excluding carboxylic acids is 1. The Kier molecular flexibility index (Phi) is 4.25. The average Bonchev–Trinajstić information content (AvgIpc) is 3.64. The lowest BCUT2D eigenvalue weighted by Crippen LogP contribution is -2.26. The predicted molar refractivity (Wildman–Crippen MR) is 161 cm³/mol. The average molecular weight is 509 g/mol. The van der Waals surface area contributed by atoms with Gasteiger partial charge in [0, 0.05) is 11.1 Å². The summed E-state index contributed by atoms with van der Waals surface area (Å²) in [7, 11) is 0. The van der Waals surface area contributed by atoms with Gasteiger partial charge in [0.1, 0.15) is 0 Å². The van der Waals surface area contributed by atoms with Gasteiger partial charge >= 0.3 is 0 Å². The van der Waals surface area contributed by atoms with Crippen LogP contribution in [0.25, 0.3) is 33.4 Å². The van der Waals surface area contributed by atoms with Crippen molar-refractivity contribution in [1.82, 2.24) is 0 Å². The Bertz CT molecular complexity index is 2000. The molecule has 186 valence electrons. The smallest absolute Gasteiger partial charge is 0.193 e. The highest BCUT2D eigenvalue weighted by Gasteiger charge is 2.51. The Morgan fingerprint density at radius 3 is 1.50 bits per heavy atom. The number of hydrogen-bond donors (Lipinski definition) is 0. The highest BCUT2D eigenvalue weighted by molar-refractivity contribution is 6.10. The molecule has 0 radical (unpaired) electrons. The summed E-state index contributed by atoms with van der Waals surface area (Å²) in [6.45, 7) is 0. The van der Waals surface area contributed by atoms with Crippen LogP contribution in [0.1, 0.15) is 49.3 Å². The van der Waals surface area contributed by atoms with E-state index in [2.05, 4.69) is 121 Å². The van der Waals surface area contributed by atoms with E-state index in [9.17, 15) is 4.79 Å². The molecule has 6 aromatic carbocycles. The number of ketones is 1. The van der Waals surface area contributed by atoms with E-state index in [4.69, 9.17) is 0 Å². The second-order valence-corrected chi connectivity index (χ2v) is 11.2. The quantitative estimate of drug-likeness (QED) is 0.213. The summed E-state index contributed by atoms with van der Waals surface area (Å²) in [5.74, 6) is 0.0761. The van der Waals surface area contributed by atoms with Gasteiger partial charge in [0.2, 0.25) is 0 Å². The molecule has 3 aliphatic rings. The first kappa shape index (κ1) is 21.9. The maximum Gasteiger partial charge on any atom is 0.193 e. The zero-order valence-electron chi connectivity index (χ0n) is 21.8. The van der Waals surface area contributed by atoms with E-state index < -0.39 is 5.41 Å². The fraction of sp³-hybridized carbons (Fsp3) is 0.0513. The van der Waals surface area contributed by atoms with Gasteiger partial charge in [-0.05, 0) is 85.3 Å². The van der Waals surface area contributed by atoms with E-state index in [1.165, 1.54) is 66.8 Å². The van der Waals surface area contributed by atoms with Gasteiger partial charge in [0.15, 0.2) is 5.78 Å². The van der Waals surface area contributed by atoms with Gasteiger partial charge in [0.05, 0.1) is 5.41 Å². The van der Waals surface area contributed by atoms with E-state index >= 15 is 0 Å². The van der Waals surface area contributed by atoms with Crippen LogP contribution in [-0.2, 0) is 11.8 Å². The molecule has 0 atom stereocenters. The number of fused-ring (bicyclic) bond motifs is 13. The van der Waals surface area contributed by atoms with Crippen molar-refractivity contribution in [3.63, 3.8) is 0 Å². The molecule has 0 N–H and O–H groups in total. The molecular weight excluding hydrogens is 484 g/mol. The van der Waals surface area contributed by atoms with Gasteiger partial charge in [-0.25, -0.2) is 0 Å². The minimum Gasteiger partial charge on any atom is -0.289 e. The monoisotopic (exact) mass is 508 g/mol. The number of rotatable bonds is 2. The van der Waals surface area contributed by atoms with Gasteiger partial charge in [-0.2, -0.15) is 0 Å². The third kappa shape index (κ3) is 2.64. The zero-order valence-corrected chi connectivity index (χ0v) is 21.8. The first-order valence-electron chi connectivity index (χ1n) is 13.9. The molecule has 3 aliphatic carbocycles. The molecule has 1 heteroatoms. The van der Waals surface area contributed by atoms with Gasteiger partial charge < -0.3 is 0 Å². The summed E-state index contributed by atoms with van der Waals surface area (Å²) in [5, 5.41) is 0. The van der Waals surface area contributed by atoms with Crippen LogP contribution in [0.4, 0.5) is 0 Å². The molecule has 0 bridgehead atoms. The summed E-state index contributed by atoms with van der Waals surface area (Å²) in [6, 6.07) is 47.5. The standard InChI is InChI=1S/C39H24O/c40-38(25-17-19-29-27(22-25)21-24-9-1-2-10-28(24)29)26-18-20-33-32-13-5-8-16-36(32)39(37(33)23-26)34-14-6-3-11-30(34)31-12-4-7-15-35(31)39/h1-20,22-23H,21H2. The minimum atomic E-state index is -0.436. The lowest BCUT2D eigenvalue weighted by atomic mass is 9.70. The lowest BCUT2D eigenvalue weighted by Gasteiger charge is -2.30. The fourth-order valence-corrected chi connectivity index (χ4v) is 7.69. The molecule has 0 aromatic heterocycles. The molecular formula is C39H24O. The van der Waals surface area contributed by atoms with Crippen molar-refractivity contribution < 1.29 is 4.79 Å². The highest BCUT2D eigenvalue weighted by Crippen LogP contribution is 2.62. The number of benzene rings is 6. The van der Waals surface area contributed by atoms with Crippen LogP contribution >= 0.6 is 0 Å². The molecule has 0 saturated heterocycles. The van der Waals surface area contributed by atoms with Gasteiger partial charge in [-0.15, -0.1) is 0 Å². The van der Waals surface area contributed by atoms with Crippen molar-refractivity contribution in [3.05, 3.63) is 178 Å². The number of carbonyl (C=O) groups is 1. The van der Waals surface area contributed by atoms with Crippen LogP contribution in [0.3, 0.4) is 0 Å². The fourth-order valence-electron chi connectivity index (χ4n) is 7.69. The van der Waals surface area contributed by atoms with E-state index in [0.717, 1.165) is 17.5 Å². The first-order chi connectivity index (χ1) is 19.7. The molecule has 0 amide bonds. The van der Waals surface area contributed by atoms with Crippen molar-refractivity contribution in [1.29, 1.82) is 0 Å². The third-order valence-corrected chi connectivity index (χ3v) is 9.32. The zero-order chi connectivity index (χ0) is 26.4. The van der Waals surface area contributed by atoms with Crippen LogP contribution in [0, 0.1) is 0 Å². The van der Waals surface area contributed by atoms with Crippen molar-refractivity contribution in [2.45, 2.75) is 11.8 Å². The summed E-state index contributed by atoms with van der Waals surface area (Å²) in [6.07, 6.45) is 0.878. The van der Waals surface area contributed by atoms with Crippen LogP contribution in [0.5, 0.6) is 0 Å². The maximum absolute atomic E-state index is 14.1. The molecule has 9 rings (SSSR count). The topological polar surface area (TPSA) is 17.1 Å². The summed E-state index contributed by atoms with van der Waals surface area (Å²) < 4.78 is 0. The predicted octanol–water partition coefficient (Wildman–Crippen LogP) is 8.83. The molecule has 0 aliphatic heterocycles. The molecule has 0 unspecified atom stereocenters. The Labute approximate surface area is 233 Å². The molecule has 1 spiro atoms. The lowest BCUT2D eigenvalue weighted by molar-refractivity contribution is 0.103. The Morgan fingerprint density at radius 2 is 0.875 bits per heavy atom. The van der Waals surface area contributed by atoms with E-state index in [1.807, 2.05) is 12.1 Å². The van der Waals surface area contributed by atoms with Crippen LogP contribution < -0.4 is 0 Å². The molecule has 1 nitrogen and oxygen atoms in total.